The lowest BCUT2D eigenvalue weighted by Gasteiger charge is -2.32. The predicted molar refractivity (Wildman–Crippen MR) is 88.0 cm³/mol. The average molecular weight is 318 g/mol. The Balaban J connectivity index is 2.10. The van der Waals surface area contributed by atoms with E-state index in [4.69, 9.17) is 0 Å². The molecule has 2 amide bonds. The van der Waals surface area contributed by atoms with Gasteiger partial charge in [0.25, 0.3) is 0 Å². The molecule has 1 fully saturated rings. The van der Waals surface area contributed by atoms with Crippen molar-refractivity contribution in [3.05, 3.63) is 23.3 Å². The maximum Gasteiger partial charge on any atom is 0.222 e. The van der Waals surface area contributed by atoms with E-state index in [1.165, 1.54) is 0 Å². The molecule has 23 heavy (non-hydrogen) atoms. The number of nitrogens with zero attached hydrogens (tertiary/aromatic N) is 4. The van der Waals surface area contributed by atoms with Crippen LogP contribution in [-0.4, -0.2) is 58.8 Å². The van der Waals surface area contributed by atoms with E-state index >= 15 is 0 Å². The Morgan fingerprint density at radius 1 is 1.35 bits per heavy atom. The van der Waals surface area contributed by atoms with Gasteiger partial charge >= 0.3 is 0 Å². The van der Waals surface area contributed by atoms with Crippen LogP contribution in [0.15, 0.2) is 6.07 Å². The van der Waals surface area contributed by atoms with Crippen molar-refractivity contribution in [1.82, 2.24) is 19.8 Å². The highest BCUT2D eigenvalue weighted by Gasteiger charge is 2.24. The molecule has 0 radical (unpaired) electrons. The van der Waals surface area contributed by atoms with Crippen molar-refractivity contribution in [1.29, 1.82) is 0 Å². The molecule has 2 heterocycles. The molecule has 0 unspecified atom stereocenters. The van der Waals surface area contributed by atoms with E-state index in [1.807, 2.05) is 17.9 Å². The van der Waals surface area contributed by atoms with Crippen molar-refractivity contribution < 1.29 is 9.59 Å². The van der Waals surface area contributed by atoms with Crippen LogP contribution in [0.4, 0.5) is 0 Å². The van der Waals surface area contributed by atoms with E-state index in [1.54, 1.807) is 25.9 Å². The molecule has 0 spiro atoms. The van der Waals surface area contributed by atoms with E-state index in [-0.39, 0.29) is 17.7 Å². The van der Waals surface area contributed by atoms with Crippen LogP contribution in [0.1, 0.15) is 49.3 Å². The standard InChI is InChI=1S/C17H26N4O2/c1-12-18-15(7-8-17(23)20(3)4)10-16(19-12)14-6-5-9-21(11-14)13(2)22/h10,14H,5-9,11H2,1-4H3/t14-/m0/s1. The van der Waals surface area contributed by atoms with Gasteiger partial charge in [0.1, 0.15) is 5.82 Å². The fraction of sp³-hybridized carbons (Fsp3) is 0.647. The molecule has 0 saturated carbocycles. The fourth-order valence-electron chi connectivity index (χ4n) is 2.96. The SMILES string of the molecule is CC(=O)N1CCC[C@H](c2cc(CCC(=O)N(C)C)nc(C)n2)C1. The lowest BCUT2D eigenvalue weighted by atomic mass is 9.93. The highest BCUT2D eigenvalue weighted by molar-refractivity contribution is 5.75. The smallest absolute Gasteiger partial charge is 0.222 e. The second-order valence-corrected chi connectivity index (χ2v) is 6.42. The molecule has 0 N–H and O–H groups in total. The van der Waals surface area contributed by atoms with Gasteiger partial charge in [-0.25, -0.2) is 9.97 Å². The molecule has 6 heteroatoms. The van der Waals surface area contributed by atoms with E-state index < -0.39 is 0 Å². The first-order valence-electron chi connectivity index (χ1n) is 8.17. The first kappa shape index (κ1) is 17.4. The van der Waals surface area contributed by atoms with E-state index in [0.717, 1.165) is 43.1 Å². The van der Waals surface area contributed by atoms with E-state index in [9.17, 15) is 9.59 Å². The van der Waals surface area contributed by atoms with Crippen LogP contribution in [0, 0.1) is 6.92 Å². The molecule has 0 aromatic carbocycles. The van der Waals surface area contributed by atoms with Crippen LogP contribution in [0.2, 0.25) is 0 Å². The third-order valence-corrected chi connectivity index (χ3v) is 4.29. The van der Waals surface area contributed by atoms with Crippen molar-refractivity contribution in [2.45, 2.75) is 45.4 Å². The number of aryl methyl sites for hydroxylation is 2. The van der Waals surface area contributed by atoms with Crippen molar-refractivity contribution in [3.8, 4) is 0 Å². The second kappa shape index (κ2) is 7.53. The van der Waals surface area contributed by atoms with Gasteiger partial charge in [-0.05, 0) is 32.3 Å². The molecule has 1 aliphatic heterocycles. The normalized spacial score (nSPS) is 17.9. The molecule has 2 rings (SSSR count). The van der Waals surface area contributed by atoms with Crippen LogP contribution in [0.25, 0.3) is 0 Å². The third kappa shape index (κ3) is 4.74. The molecule has 126 valence electrons. The molecule has 1 aliphatic rings. The summed E-state index contributed by atoms with van der Waals surface area (Å²) in [4.78, 5) is 35.9. The lowest BCUT2D eigenvalue weighted by Crippen LogP contribution is -2.38. The maximum atomic E-state index is 11.7. The van der Waals surface area contributed by atoms with Gasteiger partial charge in [0.2, 0.25) is 11.8 Å². The van der Waals surface area contributed by atoms with Crippen LogP contribution in [0.3, 0.4) is 0 Å². The number of amides is 2. The van der Waals surface area contributed by atoms with Gasteiger partial charge in [-0.3, -0.25) is 9.59 Å². The maximum absolute atomic E-state index is 11.7. The van der Waals surface area contributed by atoms with Gasteiger partial charge in [-0.15, -0.1) is 0 Å². The Kier molecular flexibility index (Phi) is 5.69. The molecule has 6 nitrogen and oxygen atoms in total. The Morgan fingerprint density at radius 2 is 2.09 bits per heavy atom. The van der Waals surface area contributed by atoms with Crippen molar-refractivity contribution in [2.24, 2.45) is 0 Å². The summed E-state index contributed by atoms with van der Waals surface area (Å²) in [6.07, 6.45) is 3.11. The molecular formula is C17H26N4O2. The largest absolute Gasteiger partial charge is 0.349 e. The number of hydrogen-bond acceptors (Lipinski definition) is 4. The summed E-state index contributed by atoms with van der Waals surface area (Å²) in [6, 6.07) is 2.00. The minimum Gasteiger partial charge on any atom is -0.349 e. The summed E-state index contributed by atoms with van der Waals surface area (Å²) in [5.74, 6) is 1.22. The van der Waals surface area contributed by atoms with Gasteiger partial charge in [0, 0.05) is 57.8 Å². The molecule has 1 aromatic heterocycles. The summed E-state index contributed by atoms with van der Waals surface area (Å²) in [5, 5.41) is 0. The van der Waals surface area contributed by atoms with E-state index in [2.05, 4.69) is 9.97 Å². The minimum atomic E-state index is 0.100. The number of carbonyl (C=O) groups is 2. The van der Waals surface area contributed by atoms with Crippen molar-refractivity contribution in [2.75, 3.05) is 27.2 Å². The van der Waals surface area contributed by atoms with Crippen molar-refractivity contribution >= 4 is 11.8 Å². The van der Waals surface area contributed by atoms with Gasteiger partial charge < -0.3 is 9.80 Å². The van der Waals surface area contributed by atoms with E-state index in [0.29, 0.717) is 12.8 Å². The molecule has 1 saturated heterocycles. The van der Waals surface area contributed by atoms with Gasteiger partial charge in [0.05, 0.1) is 0 Å². The molecule has 1 atom stereocenters. The van der Waals surface area contributed by atoms with Crippen molar-refractivity contribution in [3.63, 3.8) is 0 Å². The average Bonchev–Trinajstić information content (AvgIpc) is 2.52. The topological polar surface area (TPSA) is 66.4 Å². The van der Waals surface area contributed by atoms with Crippen LogP contribution in [-0.2, 0) is 16.0 Å². The van der Waals surface area contributed by atoms with Crippen LogP contribution in [0.5, 0.6) is 0 Å². The minimum absolute atomic E-state index is 0.100. The summed E-state index contributed by atoms with van der Waals surface area (Å²) in [7, 11) is 3.52. The summed E-state index contributed by atoms with van der Waals surface area (Å²) in [6.45, 7) is 5.06. The lowest BCUT2D eigenvalue weighted by molar-refractivity contribution is -0.130. The summed E-state index contributed by atoms with van der Waals surface area (Å²) in [5.41, 5.74) is 1.90. The first-order chi connectivity index (χ1) is 10.9. The summed E-state index contributed by atoms with van der Waals surface area (Å²) < 4.78 is 0. The molecule has 0 bridgehead atoms. The van der Waals surface area contributed by atoms with Crippen LogP contribution < -0.4 is 0 Å². The highest BCUT2D eigenvalue weighted by Crippen LogP contribution is 2.26. The number of carbonyl (C=O) groups excluding carboxylic acids is 2. The number of rotatable bonds is 4. The summed E-state index contributed by atoms with van der Waals surface area (Å²) >= 11 is 0. The quantitative estimate of drug-likeness (QED) is 0.844. The van der Waals surface area contributed by atoms with Crippen LogP contribution >= 0.6 is 0 Å². The monoisotopic (exact) mass is 318 g/mol. The van der Waals surface area contributed by atoms with Gasteiger partial charge in [-0.2, -0.15) is 0 Å². The second-order valence-electron chi connectivity index (χ2n) is 6.42. The number of piperidine rings is 1. The number of aromatic nitrogens is 2. The number of hydrogen-bond donors (Lipinski definition) is 0. The predicted octanol–water partition coefficient (Wildman–Crippen LogP) is 1.53. The Bertz CT molecular complexity index is 586. The Hall–Kier alpha value is -1.98. The van der Waals surface area contributed by atoms with Gasteiger partial charge in [0.15, 0.2) is 0 Å². The zero-order valence-electron chi connectivity index (χ0n) is 14.5. The number of likely N-dealkylation sites (tertiary alicyclic amines) is 1. The molecule has 0 aliphatic carbocycles. The highest BCUT2D eigenvalue weighted by atomic mass is 16.2. The fourth-order valence-corrected chi connectivity index (χ4v) is 2.96. The Morgan fingerprint density at radius 3 is 2.74 bits per heavy atom. The molecule has 1 aromatic rings. The third-order valence-electron chi connectivity index (χ3n) is 4.29. The first-order valence-corrected chi connectivity index (χ1v) is 8.17. The van der Waals surface area contributed by atoms with Gasteiger partial charge in [-0.1, -0.05) is 0 Å². The zero-order chi connectivity index (χ0) is 17.0. The zero-order valence-corrected chi connectivity index (χ0v) is 14.5. The molecular weight excluding hydrogens is 292 g/mol. The Labute approximate surface area is 137 Å².